The van der Waals surface area contributed by atoms with Crippen LogP contribution in [0.1, 0.15) is 19.4 Å². The van der Waals surface area contributed by atoms with E-state index >= 15 is 0 Å². The molecule has 5 heteroatoms. The Morgan fingerprint density at radius 3 is 2.30 bits per heavy atom. The van der Waals surface area contributed by atoms with E-state index in [0.29, 0.717) is 6.54 Å². The molecule has 2 aromatic rings. The maximum absolute atomic E-state index is 12.5. The lowest BCUT2D eigenvalue weighted by Gasteiger charge is -2.34. The van der Waals surface area contributed by atoms with Crippen molar-refractivity contribution < 1.29 is 9.53 Å². The number of hydrogen-bond acceptors (Lipinski definition) is 4. The van der Waals surface area contributed by atoms with Gasteiger partial charge >= 0.3 is 0 Å². The first-order chi connectivity index (χ1) is 13.1. The Balaban J connectivity index is 1.40. The molecule has 27 heavy (non-hydrogen) atoms. The van der Waals surface area contributed by atoms with E-state index in [1.54, 1.807) is 0 Å². The van der Waals surface area contributed by atoms with E-state index in [4.69, 9.17) is 4.74 Å². The summed E-state index contributed by atoms with van der Waals surface area (Å²) in [7, 11) is 0. The number of carbonyl (C=O) groups is 1. The highest BCUT2D eigenvalue weighted by Gasteiger charge is 2.20. The van der Waals surface area contributed by atoms with Gasteiger partial charge in [0.1, 0.15) is 5.75 Å². The molecule has 0 aromatic heterocycles. The summed E-state index contributed by atoms with van der Waals surface area (Å²) >= 11 is 0. The summed E-state index contributed by atoms with van der Waals surface area (Å²) in [5.74, 6) is 0.994. The summed E-state index contributed by atoms with van der Waals surface area (Å²) in [6.45, 7) is 8.69. The van der Waals surface area contributed by atoms with E-state index in [9.17, 15) is 4.79 Å². The molecular formula is C22H29N3O2. The molecule has 1 heterocycles. The predicted molar refractivity (Wildman–Crippen MR) is 109 cm³/mol. The maximum Gasteiger partial charge on any atom is 0.241 e. The molecule has 1 fully saturated rings. The minimum Gasteiger partial charge on any atom is -0.491 e. The number of ether oxygens (including phenoxy) is 1. The second kappa shape index (κ2) is 9.42. The van der Waals surface area contributed by atoms with E-state index < -0.39 is 0 Å². The molecule has 0 bridgehead atoms. The largest absolute Gasteiger partial charge is 0.491 e. The van der Waals surface area contributed by atoms with Gasteiger partial charge in [-0.3, -0.25) is 9.69 Å². The number of piperazine rings is 1. The summed E-state index contributed by atoms with van der Waals surface area (Å²) in [5.41, 5.74) is 2.26. The lowest BCUT2D eigenvalue weighted by Crippen LogP contribution is -2.49. The highest BCUT2D eigenvalue weighted by Crippen LogP contribution is 2.17. The van der Waals surface area contributed by atoms with Gasteiger partial charge in [0.2, 0.25) is 5.91 Å². The molecule has 0 aliphatic carbocycles. The van der Waals surface area contributed by atoms with Crippen LogP contribution in [0.25, 0.3) is 0 Å². The van der Waals surface area contributed by atoms with Gasteiger partial charge in [0.25, 0.3) is 0 Å². The second-order valence-corrected chi connectivity index (χ2v) is 7.19. The third-order valence-electron chi connectivity index (χ3n) is 4.64. The third-order valence-corrected chi connectivity index (χ3v) is 4.64. The molecule has 1 aliphatic rings. The zero-order valence-corrected chi connectivity index (χ0v) is 16.2. The molecule has 1 amide bonds. The van der Waals surface area contributed by atoms with Crippen molar-refractivity contribution in [3.8, 4) is 5.75 Å². The quantitative estimate of drug-likeness (QED) is 0.816. The molecule has 3 rings (SSSR count). The monoisotopic (exact) mass is 367 g/mol. The SMILES string of the molecule is CC(C)Oc1ccc(NCC(=O)N2CCN(Cc3ccccc3)CC2)cc1. The van der Waals surface area contributed by atoms with Crippen molar-refractivity contribution in [2.24, 2.45) is 0 Å². The van der Waals surface area contributed by atoms with Gasteiger partial charge in [-0.1, -0.05) is 30.3 Å². The summed E-state index contributed by atoms with van der Waals surface area (Å²) in [6.07, 6.45) is 0.158. The molecule has 1 aliphatic heterocycles. The normalized spacial score (nSPS) is 15.0. The van der Waals surface area contributed by atoms with E-state index in [1.165, 1.54) is 5.56 Å². The minimum absolute atomic E-state index is 0.150. The van der Waals surface area contributed by atoms with Crippen LogP contribution in [-0.4, -0.2) is 54.5 Å². The first kappa shape index (κ1) is 19.2. The Morgan fingerprint density at radius 1 is 1.00 bits per heavy atom. The summed E-state index contributed by atoms with van der Waals surface area (Å²) < 4.78 is 5.63. The molecule has 144 valence electrons. The Kier molecular flexibility index (Phi) is 6.71. The predicted octanol–water partition coefficient (Wildman–Crippen LogP) is 3.23. The zero-order chi connectivity index (χ0) is 19.1. The Morgan fingerprint density at radius 2 is 1.67 bits per heavy atom. The fraction of sp³-hybridized carbons (Fsp3) is 0.409. The number of nitrogens with one attached hydrogen (secondary N) is 1. The van der Waals surface area contributed by atoms with Crippen molar-refractivity contribution in [1.82, 2.24) is 9.80 Å². The van der Waals surface area contributed by atoms with Crippen molar-refractivity contribution >= 4 is 11.6 Å². The van der Waals surface area contributed by atoms with Crippen LogP contribution in [0.15, 0.2) is 54.6 Å². The summed E-state index contributed by atoms with van der Waals surface area (Å²) in [5, 5.41) is 3.21. The number of rotatable bonds is 7. The number of hydrogen-bond donors (Lipinski definition) is 1. The average Bonchev–Trinajstić information content (AvgIpc) is 2.68. The Hall–Kier alpha value is -2.53. The Bertz CT molecular complexity index is 708. The van der Waals surface area contributed by atoms with E-state index in [-0.39, 0.29) is 12.0 Å². The topological polar surface area (TPSA) is 44.8 Å². The first-order valence-electron chi connectivity index (χ1n) is 9.65. The van der Waals surface area contributed by atoms with Crippen molar-refractivity contribution in [3.63, 3.8) is 0 Å². The van der Waals surface area contributed by atoms with Crippen LogP contribution in [0.4, 0.5) is 5.69 Å². The molecule has 1 N–H and O–H groups in total. The molecule has 0 radical (unpaired) electrons. The van der Waals surface area contributed by atoms with Gasteiger partial charge in [0.15, 0.2) is 0 Å². The van der Waals surface area contributed by atoms with E-state index in [2.05, 4.69) is 34.5 Å². The average molecular weight is 367 g/mol. The number of anilines is 1. The summed E-state index contributed by atoms with van der Waals surface area (Å²) in [4.78, 5) is 16.8. The van der Waals surface area contributed by atoms with Crippen LogP contribution in [0.5, 0.6) is 5.75 Å². The van der Waals surface area contributed by atoms with Gasteiger partial charge in [0.05, 0.1) is 12.6 Å². The van der Waals surface area contributed by atoms with Crippen molar-refractivity contribution in [1.29, 1.82) is 0 Å². The molecule has 0 spiro atoms. The minimum atomic E-state index is 0.150. The molecule has 5 nitrogen and oxygen atoms in total. The van der Waals surface area contributed by atoms with Gasteiger partial charge in [-0.15, -0.1) is 0 Å². The van der Waals surface area contributed by atoms with Gasteiger partial charge in [-0.25, -0.2) is 0 Å². The van der Waals surface area contributed by atoms with E-state index in [0.717, 1.165) is 44.2 Å². The molecule has 2 aromatic carbocycles. The highest BCUT2D eigenvalue weighted by molar-refractivity contribution is 5.81. The van der Waals surface area contributed by atoms with Gasteiger partial charge in [-0.2, -0.15) is 0 Å². The number of benzene rings is 2. The maximum atomic E-state index is 12.5. The third kappa shape index (κ3) is 6.00. The fourth-order valence-corrected chi connectivity index (χ4v) is 3.21. The van der Waals surface area contributed by atoms with Crippen LogP contribution >= 0.6 is 0 Å². The van der Waals surface area contributed by atoms with Crippen LogP contribution in [-0.2, 0) is 11.3 Å². The van der Waals surface area contributed by atoms with Crippen molar-refractivity contribution in [2.75, 3.05) is 38.0 Å². The van der Waals surface area contributed by atoms with Crippen LogP contribution in [0.2, 0.25) is 0 Å². The lowest BCUT2D eigenvalue weighted by atomic mass is 10.2. The van der Waals surface area contributed by atoms with Crippen molar-refractivity contribution in [2.45, 2.75) is 26.5 Å². The van der Waals surface area contributed by atoms with Gasteiger partial charge in [-0.05, 0) is 43.7 Å². The number of carbonyl (C=O) groups excluding carboxylic acids is 1. The molecule has 0 saturated carbocycles. The van der Waals surface area contributed by atoms with Crippen LogP contribution in [0.3, 0.4) is 0 Å². The van der Waals surface area contributed by atoms with Crippen LogP contribution < -0.4 is 10.1 Å². The van der Waals surface area contributed by atoms with E-state index in [1.807, 2.05) is 49.1 Å². The van der Waals surface area contributed by atoms with Gasteiger partial charge in [0, 0.05) is 38.4 Å². The first-order valence-corrected chi connectivity index (χ1v) is 9.65. The number of amides is 1. The molecular weight excluding hydrogens is 338 g/mol. The highest BCUT2D eigenvalue weighted by atomic mass is 16.5. The summed E-state index contributed by atoms with van der Waals surface area (Å²) in [6, 6.07) is 18.2. The molecule has 0 unspecified atom stereocenters. The Labute approximate surface area is 161 Å². The zero-order valence-electron chi connectivity index (χ0n) is 16.2. The fourth-order valence-electron chi connectivity index (χ4n) is 3.21. The second-order valence-electron chi connectivity index (χ2n) is 7.19. The van der Waals surface area contributed by atoms with Crippen molar-refractivity contribution in [3.05, 3.63) is 60.2 Å². The van der Waals surface area contributed by atoms with Crippen LogP contribution in [0, 0.1) is 0 Å². The molecule has 1 saturated heterocycles. The number of nitrogens with zero attached hydrogens (tertiary/aromatic N) is 2. The molecule has 0 atom stereocenters. The standard InChI is InChI=1S/C22H29N3O2/c1-18(2)27-21-10-8-20(9-11-21)23-16-22(26)25-14-12-24(13-15-25)17-19-6-4-3-5-7-19/h3-11,18,23H,12-17H2,1-2H3. The lowest BCUT2D eigenvalue weighted by molar-refractivity contribution is -0.131. The smallest absolute Gasteiger partial charge is 0.241 e. The van der Waals surface area contributed by atoms with Gasteiger partial charge < -0.3 is 15.0 Å².